The van der Waals surface area contributed by atoms with Crippen molar-refractivity contribution in [3.63, 3.8) is 0 Å². The van der Waals surface area contributed by atoms with Gasteiger partial charge in [-0.05, 0) is 43.4 Å². The van der Waals surface area contributed by atoms with Crippen molar-refractivity contribution in [3.05, 3.63) is 24.0 Å². The summed E-state index contributed by atoms with van der Waals surface area (Å²) in [5, 5.41) is 0. The number of nitrogen functional groups attached to an aromatic ring is 1. The molecule has 2 aliphatic rings. The van der Waals surface area contributed by atoms with Gasteiger partial charge in [0, 0.05) is 18.3 Å². The van der Waals surface area contributed by atoms with E-state index in [2.05, 4.69) is 0 Å². The van der Waals surface area contributed by atoms with Crippen LogP contribution in [0.25, 0.3) is 0 Å². The molecule has 0 bridgehead atoms. The van der Waals surface area contributed by atoms with Crippen LogP contribution in [0.3, 0.4) is 0 Å². The number of hydrogen-bond donors (Lipinski definition) is 1. The number of nitrogens with two attached hydrogens (primary N) is 1. The molecule has 2 atom stereocenters. The molecule has 2 unspecified atom stereocenters. The Morgan fingerprint density at radius 3 is 2.70 bits per heavy atom. The molecule has 1 saturated carbocycles. The first-order valence-corrected chi connectivity index (χ1v) is 8.51. The summed E-state index contributed by atoms with van der Waals surface area (Å²) in [6.45, 7) is 0.501. The lowest BCUT2D eigenvalue weighted by atomic mass is 9.86. The molecule has 1 aromatic carbocycles. The number of sulfonamides is 1. The predicted molar refractivity (Wildman–Crippen MR) is 75.1 cm³/mol. The van der Waals surface area contributed by atoms with Crippen LogP contribution in [0.2, 0.25) is 0 Å². The summed E-state index contributed by atoms with van der Waals surface area (Å²) in [5.74, 6) is -0.320. The van der Waals surface area contributed by atoms with Crippen LogP contribution in [0.1, 0.15) is 32.1 Å². The number of nitrogens with zero attached hydrogens (tertiary/aromatic N) is 1. The van der Waals surface area contributed by atoms with Crippen molar-refractivity contribution < 1.29 is 12.8 Å². The van der Waals surface area contributed by atoms with Gasteiger partial charge in [-0.15, -0.1) is 0 Å². The Hall–Kier alpha value is -1.14. The van der Waals surface area contributed by atoms with E-state index in [0.717, 1.165) is 31.7 Å². The van der Waals surface area contributed by atoms with E-state index in [4.69, 9.17) is 5.73 Å². The predicted octanol–water partition coefficient (Wildman–Crippen LogP) is 2.36. The molecule has 0 amide bonds. The lowest BCUT2D eigenvalue weighted by Gasteiger charge is -2.31. The molecule has 0 aromatic heterocycles. The Labute approximate surface area is 118 Å². The van der Waals surface area contributed by atoms with Gasteiger partial charge in [0.15, 0.2) is 0 Å². The Morgan fingerprint density at radius 2 is 1.95 bits per heavy atom. The third kappa shape index (κ3) is 2.20. The Kier molecular flexibility index (Phi) is 3.46. The lowest BCUT2D eigenvalue weighted by molar-refractivity contribution is 0.260. The second-order valence-electron chi connectivity index (χ2n) is 5.71. The van der Waals surface area contributed by atoms with E-state index in [1.807, 2.05) is 0 Å². The van der Waals surface area contributed by atoms with Gasteiger partial charge in [0.2, 0.25) is 10.0 Å². The molecule has 20 heavy (non-hydrogen) atoms. The number of anilines is 1. The van der Waals surface area contributed by atoms with Gasteiger partial charge in [0.25, 0.3) is 0 Å². The van der Waals surface area contributed by atoms with Crippen LogP contribution in [0.4, 0.5) is 10.1 Å². The van der Waals surface area contributed by atoms with Crippen LogP contribution < -0.4 is 5.73 Å². The van der Waals surface area contributed by atoms with Crippen molar-refractivity contribution in [2.24, 2.45) is 5.92 Å². The largest absolute Gasteiger partial charge is 0.399 e. The van der Waals surface area contributed by atoms with E-state index in [1.165, 1.54) is 22.9 Å². The Balaban J connectivity index is 1.95. The molecule has 6 heteroatoms. The highest BCUT2D eigenvalue weighted by Crippen LogP contribution is 2.39. The minimum Gasteiger partial charge on any atom is -0.399 e. The second kappa shape index (κ2) is 5.00. The smallest absolute Gasteiger partial charge is 0.246 e. The van der Waals surface area contributed by atoms with E-state index in [9.17, 15) is 12.8 Å². The third-order valence-electron chi connectivity index (χ3n) is 4.50. The van der Waals surface area contributed by atoms with E-state index in [-0.39, 0.29) is 16.6 Å². The molecule has 110 valence electrons. The first-order chi connectivity index (χ1) is 9.50. The standard InChI is InChI=1S/C14H19FN2O2S/c15-12-9-11(16)5-6-14(12)20(18,19)17-8-7-10-3-1-2-4-13(10)17/h5-6,9-10,13H,1-4,7-8,16H2. The quantitative estimate of drug-likeness (QED) is 0.853. The van der Waals surface area contributed by atoms with Crippen molar-refractivity contribution in [1.29, 1.82) is 0 Å². The molecule has 1 heterocycles. The van der Waals surface area contributed by atoms with Gasteiger partial charge in [-0.25, -0.2) is 12.8 Å². The van der Waals surface area contributed by atoms with E-state index < -0.39 is 15.8 Å². The maximum Gasteiger partial charge on any atom is 0.246 e. The number of benzene rings is 1. The number of halogens is 1. The minimum absolute atomic E-state index is 0.0469. The summed E-state index contributed by atoms with van der Waals surface area (Å²) in [6, 6.07) is 3.83. The summed E-state index contributed by atoms with van der Waals surface area (Å²) in [7, 11) is -3.75. The molecule has 1 saturated heterocycles. The Bertz CT molecular complexity index is 618. The van der Waals surface area contributed by atoms with Gasteiger partial charge < -0.3 is 5.73 Å². The molecule has 4 nitrogen and oxygen atoms in total. The first-order valence-electron chi connectivity index (χ1n) is 7.07. The van der Waals surface area contributed by atoms with Gasteiger partial charge in [-0.2, -0.15) is 4.31 Å². The van der Waals surface area contributed by atoms with Gasteiger partial charge in [0.1, 0.15) is 10.7 Å². The van der Waals surface area contributed by atoms with E-state index >= 15 is 0 Å². The molecule has 1 aliphatic heterocycles. The average molecular weight is 298 g/mol. The molecule has 2 N–H and O–H groups in total. The van der Waals surface area contributed by atoms with Crippen LogP contribution in [-0.2, 0) is 10.0 Å². The second-order valence-corrected chi connectivity index (χ2v) is 7.57. The Morgan fingerprint density at radius 1 is 1.20 bits per heavy atom. The fourth-order valence-corrected chi connectivity index (χ4v) is 5.29. The molecular weight excluding hydrogens is 279 g/mol. The molecule has 0 spiro atoms. The molecule has 0 radical (unpaired) electrons. The van der Waals surface area contributed by atoms with Crippen LogP contribution >= 0.6 is 0 Å². The van der Waals surface area contributed by atoms with Crippen molar-refractivity contribution in [3.8, 4) is 0 Å². The molecule has 3 rings (SSSR count). The number of rotatable bonds is 2. The zero-order valence-electron chi connectivity index (χ0n) is 11.3. The monoisotopic (exact) mass is 298 g/mol. The lowest BCUT2D eigenvalue weighted by Crippen LogP contribution is -2.39. The summed E-state index contributed by atoms with van der Waals surface area (Å²) in [4.78, 5) is -0.252. The highest BCUT2D eigenvalue weighted by molar-refractivity contribution is 7.89. The molecular formula is C14H19FN2O2S. The molecule has 2 fully saturated rings. The maximum atomic E-state index is 13.9. The van der Waals surface area contributed by atoms with Crippen molar-refractivity contribution in [1.82, 2.24) is 4.31 Å². The first kappa shape index (κ1) is 13.8. The summed E-state index contributed by atoms with van der Waals surface area (Å²) < 4.78 is 40.8. The molecule has 1 aromatic rings. The SMILES string of the molecule is Nc1ccc(S(=O)(=O)N2CCC3CCCCC32)c(F)c1. The maximum absolute atomic E-state index is 13.9. The zero-order chi connectivity index (χ0) is 14.3. The zero-order valence-corrected chi connectivity index (χ0v) is 12.1. The number of fused-ring (bicyclic) bond motifs is 1. The summed E-state index contributed by atoms with van der Waals surface area (Å²) in [6.07, 6.45) is 5.09. The van der Waals surface area contributed by atoms with Crippen LogP contribution in [0.15, 0.2) is 23.1 Å². The van der Waals surface area contributed by atoms with E-state index in [1.54, 1.807) is 0 Å². The van der Waals surface area contributed by atoms with Crippen molar-refractivity contribution >= 4 is 15.7 Å². The average Bonchev–Trinajstić information content (AvgIpc) is 2.82. The number of hydrogen-bond acceptors (Lipinski definition) is 3. The van der Waals surface area contributed by atoms with Gasteiger partial charge in [-0.3, -0.25) is 0 Å². The van der Waals surface area contributed by atoms with Crippen molar-refractivity contribution in [2.75, 3.05) is 12.3 Å². The van der Waals surface area contributed by atoms with Crippen LogP contribution in [-0.4, -0.2) is 25.3 Å². The fraction of sp³-hybridized carbons (Fsp3) is 0.571. The van der Waals surface area contributed by atoms with Gasteiger partial charge in [0.05, 0.1) is 0 Å². The van der Waals surface area contributed by atoms with E-state index in [0.29, 0.717) is 12.5 Å². The third-order valence-corrected chi connectivity index (χ3v) is 6.46. The molecule has 1 aliphatic carbocycles. The highest BCUT2D eigenvalue weighted by Gasteiger charge is 2.42. The van der Waals surface area contributed by atoms with Gasteiger partial charge in [-0.1, -0.05) is 12.8 Å². The fourth-order valence-electron chi connectivity index (χ4n) is 3.51. The minimum atomic E-state index is -3.75. The highest BCUT2D eigenvalue weighted by atomic mass is 32.2. The van der Waals surface area contributed by atoms with Crippen LogP contribution in [0.5, 0.6) is 0 Å². The van der Waals surface area contributed by atoms with Gasteiger partial charge >= 0.3 is 0 Å². The normalized spacial score (nSPS) is 27.4. The van der Waals surface area contributed by atoms with Crippen molar-refractivity contribution in [2.45, 2.75) is 43.0 Å². The summed E-state index contributed by atoms with van der Waals surface area (Å²) in [5.41, 5.74) is 5.72. The topological polar surface area (TPSA) is 63.4 Å². The van der Waals surface area contributed by atoms with Crippen LogP contribution in [0, 0.1) is 11.7 Å². The summed E-state index contributed by atoms with van der Waals surface area (Å²) >= 11 is 0.